The van der Waals surface area contributed by atoms with Crippen molar-refractivity contribution in [1.82, 2.24) is 14.8 Å². The molecule has 7 heteroatoms. The van der Waals surface area contributed by atoms with E-state index in [0.717, 1.165) is 5.56 Å². The number of carbonyl (C=O) groups excluding carboxylic acids is 1. The summed E-state index contributed by atoms with van der Waals surface area (Å²) in [6.45, 7) is 4.26. The average molecular weight is 368 g/mol. The Bertz CT molecular complexity index is 909. The second-order valence-corrected chi connectivity index (χ2v) is 6.60. The molecule has 0 spiro atoms. The van der Waals surface area contributed by atoms with Gasteiger partial charge in [-0.25, -0.2) is 4.39 Å². The van der Waals surface area contributed by atoms with Gasteiger partial charge in [0.2, 0.25) is 5.91 Å². The monoisotopic (exact) mass is 368 g/mol. The van der Waals surface area contributed by atoms with Crippen LogP contribution in [0.25, 0.3) is 11.4 Å². The van der Waals surface area contributed by atoms with Gasteiger partial charge in [0.05, 0.1) is 0 Å². The normalized spacial score (nSPS) is 11.9. The molecule has 0 aliphatic rings. The van der Waals surface area contributed by atoms with Crippen LogP contribution in [0.15, 0.2) is 72.4 Å². The van der Waals surface area contributed by atoms with E-state index in [1.807, 2.05) is 34.9 Å². The third-order valence-corrected chi connectivity index (χ3v) is 4.97. The molecule has 1 heterocycles. The maximum absolute atomic E-state index is 13.2. The van der Waals surface area contributed by atoms with Gasteiger partial charge < -0.3 is 5.73 Å². The lowest BCUT2D eigenvalue weighted by Gasteiger charge is -2.14. The Morgan fingerprint density at radius 2 is 1.88 bits per heavy atom. The zero-order valence-electron chi connectivity index (χ0n) is 13.9. The van der Waals surface area contributed by atoms with E-state index < -0.39 is 11.2 Å². The molecule has 1 aromatic heterocycles. The van der Waals surface area contributed by atoms with Gasteiger partial charge in [-0.2, -0.15) is 0 Å². The van der Waals surface area contributed by atoms with Crippen molar-refractivity contribution in [1.29, 1.82) is 0 Å². The summed E-state index contributed by atoms with van der Waals surface area (Å²) in [4.78, 5) is 12.0. The fourth-order valence-electron chi connectivity index (χ4n) is 2.50. The van der Waals surface area contributed by atoms with Crippen LogP contribution >= 0.6 is 11.8 Å². The van der Waals surface area contributed by atoms with Gasteiger partial charge in [0.1, 0.15) is 11.1 Å². The number of hydrogen-bond donors (Lipinski definition) is 1. The van der Waals surface area contributed by atoms with Crippen molar-refractivity contribution < 1.29 is 9.18 Å². The summed E-state index contributed by atoms with van der Waals surface area (Å²) in [5.41, 5.74) is 7.08. The molecule has 1 unspecified atom stereocenters. The molecule has 5 nitrogen and oxygen atoms in total. The third-order valence-electron chi connectivity index (χ3n) is 3.71. The first kappa shape index (κ1) is 17.9. The maximum Gasteiger partial charge on any atom is 0.235 e. The summed E-state index contributed by atoms with van der Waals surface area (Å²) < 4.78 is 15.0. The molecular weight excluding hydrogens is 351 g/mol. The van der Waals surface area contributed by atoms with E-state index >= 15 is 0 Å². The summed E-state index contributed by atoms with van der Waals surface area (Å²) in [6, 6.07) is 15.3. The molecule has 0 saturated heterocycles. The standard InChI is InChI=1S/C19H17FN4OS/c1-2-12-24-18(14-6-4-3-5-7-14)22-23-19(24)26-16(17(21)25)13-8-10-15(20)11-9-13/h2-11,16H,1,12H2,(H2,21,25). The van der Waals surface area contributed by atoms with E-state index in [9.17, 15) is 9.18 Å². The molecule has 132 valence electrons. The molecule has 3 aromatic rings. The minimum absolute atomic E-state index is 0.372. The molecule has 1 amide bonds. The third kappa shape index (κ3) is 3.83. The zero-order chi connectivity index (χ0) is 18.5. The molecule has 1 atom stereocenters. The minimum Gasteiger partial charge on any atom is -0.368 e. The van der Waals surface area contributed by atoms with Crippen molar-refractivity contribution in [3.63, 3.8) is 0 Å². The quantitative estimate of drug-likeness (QED) is 0.511. The highest BCUT2D eigenvalue weighted by Crippen LogP contribution is 2.35. The molecule has 0 aliphatic heterocycles. The number of aromatic nitrogens is 3. The molecule has 2 N–H and O–H groups in total. The largest absolute Gasteiger partial charge is 0.368 e. The van der Waals surface area contributed by atoms with Gasteiger partial charge in [-0.3, -0.25) is 9.36 Å². The Kier molecular flexibility index (Phi) is 5.48. The van der Waals surface area contributed by atoms with Gasteiger partial charge in [0.25, 0.3) is 0 Å². The Morgan fingerprint density at radius 1 is 1.19 bits per heavy atom. The second-order valence-electron chi connectivity index (χ2n) is 5.52. The number of primary amides is 1. The van der Waals surface area contributed by atoms with Crippen molar-refractivity contribution in [3.05, 3.63) is 78.6 Å². The highest BCUT2D eigenvalue weighted by Gasteiger charge is 2.24. The molecular formula is C19H17FN4OS. The number of halogens is 1. The van der Waals surface area contributed by atoms with Gasteiger partial charge in [-0.1, -0.05) is 60.3 Å². The predicted molar refractivity (Wildman–Crippen MR) is 99.8 cm³/mol. The van der Waals surface area contributed by atoms with Crippen LogP contribution in [0.1, 0.15) is 10.8 Å². The van der Waals surface area contributed by atoms with Crippen LogP contribution < -0.4 is 5.73 Å². The molecule has 0 bridgehead atoms. The first-order valence-corrected chi connectivity index (χ1v) is 8.79. The van der Waals surface area contributed by atoms with Crippen molar-refractivity contribution in [2.75, 3.05) is 0 Å². The number of nitrogens with two attached hydrogens (primary N) is 1. The van der Waals surface area contributed by atoms with Crippen molar-refractivity contribution in [2.24, 2.45) is 5.73 Å². The van der Waals surface area contributed by atoms with Crippen LogP contribution in [0.5, 0.6) is 0 Å². The smallest absolute Gasteiger partial charge is 0.235 e. The van der Waals surface area contributed by atoms with Crippen molar-refractivity contribution >= 4 is 17.7 Å². The fourth-order valence-corrected chi connectivity index (χ4v) is 3.50. The number of allylic oxidation sites excluding steroid dienone is 1. The SMILES string of the molecule is C=CCn1c(SC(C(N)=O)c2ccc(F)cc2)nnc1-c1ccccc1. The van der Waals surface area contributed by atoms with E-state index in [1.165, 1.54) is 23.9 Å². The molecule has 26 heavy (non-hydrogen) atoms. The first-order chi connectivity index (χ1) is 12.6. The van der Waals surface area contributed by atoms with E-state index in [4.69, 9.17) is 5.73 Å². The lowest BCUT2D eigenvalue weighted by atomic mass is 10.1. The number of rotatable bonds is 7. The van der Waals surface area contributed by atoms with Gasteiger partial charge in [-0.15, -0.1) is 16.8 Å². The number of carbonyl (C=O) groups is 1. The van der Waals surface area contributed by atoms with Crippen molar-refractivity contribution in [3.8, 4) is 11.4 Å². The van der Waals surface area contributed by atoms with Crippen LogP contribution in [0, 0.1) is 5.82 Å². The summed E-state index contributed by atoms with van der Waals surface area (Å²) in [7, 11) is 0. The topological polar surface area (TPSA) is 73.8 Å². The van der Waals surface area contributed by atoms with E-state index in [-0.39, 0.29) is 5.82 Å². The summed E-state index contributed by atoms with van der Waals surface area (Å²) in [5.74, 6) is -0.227. The van der Waals surface area contributed by atoms with Gasteiger partial charge >= 0.3 is 0 Å². The number of benzene rings is 2. The zero-order valence-corrected chi connectivity index (χ0v) is 14.7. The van der Waals surface area contributed by atoms with Gasteiger partial charge in [0, 0.05) is 12.1 Å². The highest BCUT2D eigenvalue weighted by atomic mass is 32.2. The van der Waals surface area contributed by atoms with E-state index in [2.05, 4.69) is 16.8 Å². The number of amides is 1. The molecule has 0 fully saturated rings. The highest BCUT2D eigenvalue weighted by molar-refractivity contribution is 8.00. The lowest BCUT2D eigenvalue weighted by Crippen LogP contribution is -2.19. The molecule has 0 radical (unpaired) electrons. The van der Waals surface area contributed by atoms with E-state index in [1.54, 1.807) is 18.2 Å². The maximum atomic E-state index is 13.2. The van der Waals surface area contributed by atoms with E-state index in [0.29, 0.717) is 23.1 Å². The molecule has 2 aromatic carbocycles. The summed E-state index contributed by atoms with van der Waals surface area (Å²) >= 11 is 1.18. The van der Waals surface area contributed by atoms with Crippen LogP contribution in [-0.4, -0.2) is 20.7 Å². The van der Waals surface area contributed by atoms with Crippen molar-refractivity contribution in [2.45, 2.75) is 17.0 Å². The second kappa shape index (κ2) is 7.97. The molecule has 0 saturated carbocycles. The average Bonchev–Trinajstić information content (AvgIpc) is 3.04. The molecule has 0 aliphatic carbocycles. The Hall–Kier alpha value is -2.93. The predicted octanol–water partition coefficient (Wildman–Crippen LogP) is 3.59. The Morgan fingerprint density at radius 3 is 2.50 bits per heavy atom. The summed E-state index contributed by atoms with van der Waals surface area (Å²) in [5, 5.41) is 8.32. The van der Waals surface area contributed by atoms with Crippen LogP contribution in [0.2, 0.25) is 0 Å². The first-order valence-electron chi connectivity index (χ1n) is 7.91. The fraction of sp³-hybridized carbons (Fsp3) is 0.105. The Balaban J connectivity index is 1.97. The number of thioether (sulfide) groups is 1. The lowest BCUT2D eigenvalue weighted by molar-refractivity contribution is -0.117. The van der Waals surface area contributed by atoms with Gasteiger partial charge in [-0.05, 0) is 17.7 Å². The van der Waals surface area contributed by atoms with Crippen LogP contribution in [0.4, 0.5) is 4.39 Å². The number of nitrogens with zero attached hydrogens (tertiary/aromatic N) is 3. The van der Waals surface area contributed by atoms with Gasteiger partial charge in [0.15, 0.2) is 11.0 Å². The van der Waals surface area contributed by atoms with Crippen LogP contribution in [0.3, 0.4) is 0 Å². The minimum atomic E-state index is -0.702. The molecule has 3 rings (SSSR count). The number of hydrogen-bond acceptors (Lipinski definition) is 4. The summed E-state index contributed by atoms with van der Waals surface area (Å²) in [6.07, 6.45) is 1.73. The van der Waals surface area contributed by atoms with Crippen LogP contribution in [-0.2, 0) is 11.3 Å². The Labute approximate surface area is 154 Å².